The number of thiazole rings is 1. The minimum absolute atomic E-state index is 0.162. The third-order valence-electron chi connectivity index (χ3n) is 6.87. The first-order valence-electron chi connectivity index (χ1n) is 12.8. The number of esters is 2. The number of carbonyl (C=O) groups excluding carboxylic acids is 2. The Labute approximate surface area is 239 Å². The molecule has 0 spiro atoms. The van der Waals surface area contributed by atoms with E-state index < -0.39 is 18.0 Å². The minimum atomic E-state index is -0.875. The van der Waals surface area contributed by atoms with Gasteiger partial charge in [-0.05, 0) is 66.6 Å². The number of benzene rings is 3. The highest BCUT2D eigenvalue weighted by Crippen LogP contribution is 2.41. The molecule has 2 heterocycles. The molecule has 1 aliphatic heterocycles. The molecule has 1 unspecified atom stereocenters. The average molecular weight is 573 g/mol. The van der Waals surface area contributed by atoms with Gasteiger partial charge in [0.05, 0.1) is 49.3 Å². The van der Waals surface area contributed by atoms with Crippen LogP contribution in [0.4, 0.5) is 0 Å². The molecule has 0 saturated carbocycles. The van der Waals surface area contributed by atoms with Crippen LogP contribution in [0.2, 0.25) is 0 Å². The molecule has 210 valence electrons. The lowest BCUT2D eigenvalue weighted by atomic mass is 9.90. The van der Waals surface area contributed by atoms with Crippen LogP contribution in [0.15, 0.2) is 75.7 Å². The summed E-state index contributed by atoms with van der Waals surface area (Å²) in [7, 11) is 4.45. The summed E-state index contributed by atoms with van der Waals surface area (Å²) in [5.41, 5.74) is 2.11. The maximum atomic E-state index is 14.1. The highest BCUT2D eigenvalue weighted by Gasteiger charge is 2.36. The van der Waals surface area contributed by atoms with Crippen molar-refractivity contribution in [3.63, 3.8) is 0 Å². The molecule has 1 aromatic heterocycles. The lowest BCUT2D eigenvalue weighted by Gasteiger charge is -2.27. The third-order valence-corrected chi connectivity index (χ3v) is 7.85. The number of ether oxygens (including phenoxy) is 4. The maximum absolute atomic E-state index is 14.1. The van der Waals surface area contributed by atoms with Crippen molar-refractivity contribution in [3.8, 4) is 11.5 Å². The molecule has 1 atom stereocenters. The molecule has 9 nitrogen and oxygen atoms in total. The van der Waals surface area contributed by atoms with Crippen LogP contribution in [0.5, 0.6) is 11.5 Å². The molecule has 0 N–H and O–H groups in total. The summed E-state index contributed by atoms with van der Waals surface area (Å²) in [6.07, 6.45) is 1.73. The Kier molecular flexibility index (Phi) is 7.76. The Bertz CT molecular complexity index is 1880. The Balaban J connectivity index is 1.79. The van der Waals surface area contributed by atoms with E-state index in [0.29, 0.717) is 43.2 Å². The fourth-order valence-corrected chi connectivity index (χ4v) is 5.98. The summed E-state index contributed by atoms with van der Waals surface area (Å²) in [6, 6.07) is 15.2. The number of methoxy groups -OCH3 is 3. The molecule has 4 aromatic rings. The molecule has 0 fully saturated rings. The summed E-state index contributed by atoms with van der Waals surface area (Å²) < 4.78 is 23.5. The molecule has 10 heteroatoms. The summed E-state index contributed by atoms with van der Waals surface area (Å²) in [6.45, 7) is 3.63. The first kappa shape index (κ1) is 27.9. The second kappa shape index (κ2) is 11.4. The predicted octanol–water partition coefficient (Wildman–Crippen LogP) is 3.76. The summed E-state index contributed by atoms with van der Waals surface area (Å²) in [5, 5.41) is 1.64. The maximum Gasteiger partial charge on any atom is 0.338 e. The van der Waals surface area contributed by atoms with Crippen LogP contribution in [0.3, 0.4) is 0 Å². The Morgan fingerprint density at radius 1 is 1.00 bits per heavy atom. The van der Waals surface area contributed by atoms with E-state index in [4.69, 9.17) is 18.9 Å². The van der Waals surface area contributed by atoms with Crippen LogP contribution >= 0.6 is 11.3 Å². The van der Waals surface area contributed by atoms with Crippen molar-refractivity contribution in [1.29, 1.82) is 0 Å². The van der Waals surface area contributed by atoms with Gasteiger partial charge in [-0.15, -0.1) is 0 Å². The van der Waals surface area contributed by atoms with Crippen LogP contribution in [-0.2, 0) is 14.3 Å². The second-order valence-electron chi connectivity index (χ2n) is 9.18. The topological polar surface area (TPSA) is 105 Å². The molecule has 0 aliphatic carbocycles. The lowest BCUT2D eigenvalue weighted by molar-refractivity contribution is -0.139. The fourth-order valence-electron chi connectivity index (χ4n) is 4.94. The van der Waals surface area contributed by atoms with Gasteiger partial charge in [0.15, 0.2) is 4.80 Å². The molecule has 0 saturated heterocycles. The first-order chi connectivity index (χ1) is 19.8. The normalized spacial score (nSPS) is 14.9. The molecule has 0 radical (unpaired) electrons. The Hall–Kier alpha value is -4.70. The molecular formula is C31H28N2O7S. The number of rotatable bonds is 7. The van der Waals surface area contributed by atoms with Gasteiger partial charge in [0, 0.05) is 5.56 Å². The molecule has 1 aliphatic rings. The number of aromatic nitrogens is 1. The molecule has 5 rings (SSSR count). The van der Waals surface area contributed by atoms with Crippen molar-refractivity contribution in [1.82, 2.24) is 4.57 Å². The van der Waals surface area contributed by atoms with E-state index in [1.54, 1.807) is 58.4 Å². The van der Waals surface area contributed by atoms with Crippen molar-refractivity contribution in [2.75, 3.05) is 27.9 Å². The highest BCUT2D eigenvalue weighted by atomic mass is 32.1. The largest absolute Gasteiger partial charge is 0.497 e. The fraction of sp³-hybridized carbons (Fsp3) is 0.226. The van der Waals surface area contributed by atoms with Gasteiger partial charge in [-0.25, -0.2) is 14.6 Å². The number of hydrogen-bond acceptors (Lipinski definition) is 9. The smallest absolute Gasteiger partial charge is 0.338 e. The molecular weight excluding hydrogens is 544 g/mol. The SMILES string of the molecule is CCOC(=O)C1=C(C)N=c2sc(=Cc3ccc(C(=O)OC)cc3)c(=O)n2C1c1c(OC)ccc2ccc(OC)cc12. The number of carbonyl (C=O) groups is 2. The van der Waals surface area contributed by atoms with Crippen molar-refractivity contribution >= 4 is 40.1 Å². The average Bonchev–Trinajstić information content (AvgIpc) is 3.29. The van der Waals surface area contributed by atoms with E-state index >= 15 is 0 Å². The van der Waals surface area contributed by atoms with E-state index in [1.165, 1.54) is 23.0 Å². The van der Waals surface area contributed by atoms with E-state index in [-0.39, 0.29) is 17.7 Å². The van der Waals surface area contributed by atoms with Gasteiger partial charge in [-0.1, -0.05) is 35.6 Å². The summed E-state index contributed by atoms with van der Waals surface area (Å²) >= 11 is 1.21. The second-order valence-corrected chi connectivity index (χ2v) is 10.2. The Morgan fingerprint density at radius 2 is 1.73 bits per heavy atom. The molecule has 0 bridgehead atoms. The summed E-state index contributed by atoms with van der Waals surface area (Å²) in [5.74, 6) is 0.111. The lowest BCUT2D eigenvalue weighted by Crippen LogP contribution is -2.40. The summed E-state index contributed by atoms with van der Waals surface area (Å²) in [4.78, 5) is 44.4. The number of hydrogen-bond donors (Lipinski definition) is 0. The zero-order valence-electron chi connectivity index (χ0n) is 23.2. The first-order valence-corrected chi connectivity index (χ1v) is 13.7. The number of allylic oxidation sites excluding steroid dienone is 1. The van der Waals surface area contributed by atoms with E-state index in [2.05, 4.69) is 4.99 Å². The van der Waals surface area contributed by atoms with E-state index in [0.717, 1.165) is 10.8 Å². The van der Waals surface area contributed by atoms with Gasteiger partial charge in [0.2, 0.25) is 0 Å². The van der Waals surface area contributed by atoms with Crippen LogP contribution in [0.1, 0.15) is 41.4 Å². The zero-order valence-corrected chi connectivity index (χ0v) is 24.0. The van der Waals surface area contributed by atoms with Crippen LogP contribution < -0.4 is 24.4 Å². The molecule has 41 heavy (non-hydrogen) atoms. The van der Waals surface area contributed by atoms with Crippen molar-refractivity contribution in [2.24, 2.45) is 4.99 Å². The van der Waals surface area contributed by atoms with Gasteiger partial charge in [0.25, 0.3) is 5.56 Å². The number of nitrogens with zero attached hydrogens (tertiary/aromatic N) is 2. The zero-order chi connectivity index (χ0) is 29.3. The van der Waals surface area contributed by atoms with Crippen molar-refractivity contribution in [3.05, 3.63) is 102 Å². The predicted molar refractivity (Wildman–Crippen MR) is 155 cm³/mol. The van der Waals surface area contributed by atoms with Crippen LogP contribution in [-0.4, -0.2) is 44.4 Å². The van der Waals surface area contributed by atoms with Gasteiger partial charge in [-0.3, -0.25) is 9.36 Å². The standard InChI is InChI=1S/C31H28N2O7S/c1-6-40-30(36)25-17(2)32-31-33(28(34)24(41-31)15-18-7-9-20(10-8-18)29(35)39-5)27(25)26-22-16-21(37-3)13-11-19(22)12-14-23(26)38-4/h7-16,27H,6H2,1-5H3. The van der Waals surface area contributed by atoms with E-state index in [9.17, 15) is 14.4 Å². The van der Waals surface area contributed by atoms with Gasteiger partial charge in [0.1, 0.15) is 17.5 Å². The minimum Gasteiger partial charge on any atom is -0.497 e. The Morgan fingerprint density at radius 3 is 2.39 bits per heavy atom. The molecule has 0 amide bonds. The van der Waals surface area contributed by atoms with Crippen LogP contribution in [0, 0.1) is 0 Å². The van der Waals surface area contributed by atoms with Gasteiger partial charge in [-0.2, -0.15) is 0 Å². The van der Waals surface area contributed by atoms with E-state index in [1.807, 2.05) is 30.3 Å². The highest BCUT2D eigenvalue weighted by molar-refractivity contribution is 7.07. The number of fused-ring (bicyclic) bond motifs is 2. The van der Waals surface area contributed by atoms with Crippen molar-refractivity contribution in [2.45, 2.75) is 19.9 Å². The monoisotopic (exact) mass is 572 g/mol. The molecule has 3 aromatic carbocycles. The van der Waals surface area contributed by atoms with Crippen molar-refractivity contribution < 1.29 is 28.5 Å². The quantitative estimate of drug-likeness (QED) is 0.311. The van der Waals surface area contributed by atoms with Crippen LogP contribution in [0.25, 0.3) is 16.8 Å². The van der Waals surface area contributed by atoms with Gasteiger partial charge >= 0.3 is 11.9 Å². The van der Waals surface area contributed by atoms with Gasteiger partial charge < -0.3 is 18.9 Å². The third kappa shape index (κ3) is 5.02.